The predicted octanol–water partition coefficient (Wildman–Crippen LogP) is 1.77. The summed E-state index contributed by atoms with van der Waals surface area (Å²) < 4.78 is 15.8. The van der Waals surface area contributed by atoms with Crippen LogP contribution in [0.2, 0.25) is 0 Å². The molecule has 2 rings (SSSR count). The lowest BCUT2D eigenvalue weighted by molar-refractivity contribution is -0.139. The lowest BCUT2D eigenvalue weighted by Crippen LogP contribution is -2.55. The van der Waals surface area contributed by atoms with Gasteiger partial charge in [-0.15, -0.1) is 0 Å². The molecule has 1 fully saturated rings. The van der Waals surface area contributed by atoms with Crippen LogP contribution in [0, 0.1) is 0 Å². The summed E-state index contributed by atoms with van der Waals surface area (Å²) in [7, 11) is 4.54. The van der Waals surface area contributed by atoms with Crippen molar-refractivity contribution in [3.8, 4) is 17.2 Å². The fourth-order valence-electron chi connectivity index (χ4n) is 3.15. The molecule has 9 heteroatoms. The number of aliphatic carboxylic acids is 1. The van der Waals surface area contributed by atoms with Crippen molar-refractivity contribution in [2.24, 2.45) is 0 Å². The minimum atomic E-state index is -0.841. The Morgan fingerprint density at radius 3 is 2.22 bits per heavy atom. The third-order valence-electron chi connectivity index (χ3n) is 4.66. The van der Waals surface area contributed by atoms with Crippen LogP contribution in [0.15, 0.2) is 12.1 Å². The Morgan fingerprint density at radius 2 is 1.70 bits per heavy atom. The van der Waals surface area contributed by atoms with E-state index >= 15 is 0 Å². The highest BCUT2D eigenvalue weighted by Crippen LogP contribution is 2.37. The van der Waals surface area contributed by atoms with Crippen molar-refractivity contribution >= 4 is 17.7 Å². The van der Waals surface area contributed by atoms with Crippen molar-refractivity contribution in [1.82, 2.24) is 10.2 Å². The van der Waals surface area contributed by atoms with Crippen molar-refractivity contribution in [2.45, 2.75) is 31.8 Å². The minimum Gasteiger partial charge on any atom is -0.494 e. The first-order chi connectivity index (χ1) is 12.9. The van der Waals surface area contributed by atoms with Gasteiger partial charge in [0.05, 0.1) is 33.6 Å². The van der Waals surface area contributed by atoms with Gasteiger partial charge in [-0.3, -0.25) is 9.69 Å². The maximum atomic E-state index is 12.3. The van der Waals surface area contributed by atoms with E-state index in [4.69, 9.17) is 19.3 Å². The Hall–Kier alpha value is -2.68. The molecule has 1 aromatic carbocycles. The van der Waals surface area contributed by atoms with Crippen molar-refractivity contribution in [2.75, 3.05) is 39.7 Å². The Balaban J connectivity index is 1.92. The molecule has 0 spiro atoms. The third kappa shape index (κ3) is 5.16. The topological polar surface area (TPSA) is 109 Å². The number of hydrogen-bond acceptors (Lipinski definition) is 6. The zero-order valence-electron chi connectivity index (χ0n) is 16.1. The zero-order chi connectivity index (χ0) is 20.0. The van der Waals surface area contributed by atoms with Crippen LogP contribution in [-0.4, -0.2) is 68.5 Å². The largest absolute Gasteiger partial charge is 0.494 e. The van der Waals surface area contributed by atoms with E-state index in [1.165, 1.54) is 21.3 Å². The van der Waals surface area contributed by atoms with Crippen LogP contribution in [0.5, 0.6) is 17.2 Å². The third-order valence-corrected chi connectivity index (χ3v) is 4.66. The van der Waals surface area contributed by atoms with Gasteiger partial charge in [-0.1, -0.05) is 6.92 Å². The molecule has 1 saturated carbocycles. The van der Waals surface area contributed by atoms with Gasteiger partial charge in [-0.05, 0) is 19.4 Å². The molecule has 150 valence electrons. The minimum absolute atomic E-state index is 0.00369. The lowest BCUT2D eigenvalue weighted by Gasteiger charge is -2.42. The van der Waals surface area contributed by atoms with Crippen molar-refractivity contribution in [1.29, 1.82) is 0 Å². The zero-order valence-corrected chi connectivity index (χ0v) is 16.1. The average Bonchev–Trinajstić information content (AvgIpc) is 2.62. The first kappa shape index (κ1) is 20.6. The Kier molecular flexibility index (Phi) is 7.12. The molecule has 3 N–H and O–H groups in total. The number of carboxylic acid groups (broad SMARTS) is 1. The van der Waals surface area contributed by atoms with E-state index in [9.17, 15) is 9.59 Å². The van der Waals surface area contributed by atoms with Gasteiger partial charge in [0, 0.05) is 24.2 Å². The summed E-state index contributed by atoms with van der Waals surface area (Å²) in [6, 6.07) is 3.09. The van der Waals surface area contributed by atoms with Crippen LogP contribution in [-0.2, 0) is 4.79 Å². The molecule has 2 amide bonds. The fraction of sp³-hybridized carbons (Fsp3) is 0.556. The number of nitrogens with one attached hydrogen (secondary N) is 2. The van der Waals surface area contributed by atoms with Crippen molar-refractivity contribution in [3.05, 3.63) is 12.1 Å². The molecular weight excluding hydrogens is 354 g/mol. The highest BCUT2D eigenvalue weighted by atomic mass is 16.5. The van der Waals surface area contributed by atoms with Gasteiger partial charge in [-0.25, -0.2) is 4.79 Å². The van der Waals surface area contributed by atoms with Crippen molar-refractivity contribution in [3.63, 3.8) is 0 Å². The molecule has 0 unspecified atom stereocenters. The summed E-state index contributed by atoms with van der Waals surface area (Å²) in [6.45, 7) is 2.61. The first-order valence-electron chi connectivity index (χ1n) is 8.75. The van der Waals surface area contributed by atoms with Gasteiger partial charge >= 0.3 is 12.0 Å². The number of benzene rings is 1. The molecule has 0 radical (unpaired) electrons. The van der Waals surface area contributed by atoms with Crippen LogP contribution in [0.4, 0.5) is 10.5 Å². The number of methoxy groups -OCH3 is 3. The molecule has 0 saturated heterocycles. The van der Waals surface area contributed by atoms with Gasteiger partial charge in [-0.2, -0.15) is 0 Å². The van der Waals surface area contributed by atoms with E-state index in [0.29, 0.717) is 29.5 Å². The number of carboxylic acids is 1. The molecule has 0 atom stereocenters. The summed E-state index contributed by atoms with van der Waals surface area (Å²) in [6.07, 6.45) is 1.44. The Morgan fingerprint density at radius 1 is 1.11 bits per heavy atom. The molecule has 1 aliphatic carbocycles. The number of carbonyl (C=O) groups excluding carboxylic acids is 1. The monoisotopic (exact) mass is 381 g/mol. The second-order valence-corrected chi connectivity index (χ2v) is 6.28. The number of hydrogen-bond donors (Lipinski definition) is 3. The van der Waals surface area contributed by atoms with Crippen molar-refractivity contribution < 1.29 is 28.9 Å². The van der Waals surface area contributed by atoms with Crippen LogP contribution < -0.4 is 24.8 Å². The molecular formula is C18H27N3O6. The molecule has 27 heavy (non-hydrogen) atoms. The van der Waals surface area contributed by atoms with Crippen LogP contribution in [0.3, 0.4) is 0 Å². The average molecular weight is 381 g/mol. The van der Waals surface area contributed by atoms with Crippen LogP contribution in [0.25, 0.3) is 0 Å². The summed E-state index contributed by atoms with van der Waals surface area (Å²) in [5.41, 5.74) is 0.463. The summed E-state index contributed by atoms with van der Waals surface area (Å²) in [5, 5.41) is 14.6. The number of amides is 2. The van der Waals surface area contributed by atoms with Gasteiger partial charge < -0.3 is 30.0 Å². The van der Waals surface area contributed by atoms with E-state index in [-0.39, 0.29) is 24.7 Å². The van der Waals surface area contributed by atoms with E-state index in [0.717, 1.165) is 12.8 Å². The molecule has 9 nitrogen and oxygen atoms in total. The Bertz CT molecular complexity index is 675. The van der Waals surface area contributed by atoms with Crippen LogP contribution >= 0.6 is 0 Å². The number of likely N-dealkylation sites (N-methyl/N-ethyl adjacent to an activating group) is 1. The van der Waals surface area contributed by atoms with Gasteiger partial charge in [0.25, 0.3) is 0 Å². The molecule has 0 aromatic heterocycles. The summed E-state index contributed by atoms with van der Waals surface area (Å²) >= 11 is 0. The van der Waals surface area contributed by atoms with E-state index in [1.807, 2.05) is 11.8 Å². The normalized spacial score (nSPS) is 18.4. The summed E-state index contributed by atoms with van der Waals surface area (Å²) in [4.78, 5) is 25.1. The first-order valence-corrected chi connectivity index (χ1v) is 8.75. The highest BCUT2D eigenvalue weighted by molar-refractivity contribution is 5.91. The van der Waals surface area contributed by atoms with Crippen LogP contribution in [0.1, 0.15) is 19.8 Å². The standard InChI is InChI=1S/C18H27N3O6/c1-5-21(10-17(22)23)12-6-11(7-12)19-18(24)20-13-8-15(26-3)16(27-4)9-14(13)25-2/h8-9,11-12H,5-7,10H2,1-4H3,(H,22,23)(H2,19,20,24). The highest BCUT2D eigenvalue weighted by Gasteiger charge is 2.34. The quantitative estimate of drug-likeness (QED) is 0.598. The number of urea groups is 1. The Labute approximate surface area is 158 Å². The number of nitrogens with zero attached hydrogens (tertiary/aromatic N) is 1. The number of rotatable bonds is 9. The SMILES string of the molecule is CCN(CC(=O)O)C1CC(NC(=O)Nc2cc(OC)c(OC)cc2OC)C1. The number of anilines is 1. The van der Waals surface area contributed by atoms with Gasteiger partial charge in [0.15, 0.2) is 11.5 Å². The summed E-state index contributed by atoms with van der Waals surface area (Å²) in [5.74, 6) is 0.587. The van der Waals surface area contributed by atoms with E-state index in [1.54, 1.807) is 12.1 Å². The second kappa shape index (κ2) is 9.31. The molecule has 1 aliphatic rings. The maximum Gasteiger partial charge on any atom is 0.319 e. The van der Waals surface area contributed by atoms with E-state index in [2.05, 4.69) is 10.6 Å². The molecule has 0 bridgehead atoms. The van der Waals surface area contributed by atoms with Gasteiger partial charge in [0.2, 0.25) is 0 Å². The predicted molar refractivity (Wildman–Crippen MR) is 99.9 cm³/mol. The molecule has 0 aliphatic heterocycles. The molecule has 1 aromatic rings. The number of ether oxygens (including phenoxy) is 3. The molecule has 0 heterocycles. The fourth-order valence-corrected chi connectivity index (χ4v) is 3.15. The van der Waals surface area contributed by atoms with Gasteiger partial charge in [0.1, 0.15) is 5.75 Å². The number of carbonyl (C=O) groups is 2. The smallest absolute Gasteiger partial charge is 0.319 e. The van der Waals surface area contributed by atoms with E-state index < -0.39 is 5.97 Å². The second-order valence-electron chi connectivity index (χ2n) is 6.28. The lowest BCUT2D eigenvalue weighted by atomic mass is 9.85. The maximum absolute atomic E-state index is 12.3.